The van der Waals surface area contributed by atoms with Crippen LogP contribution in [0.2, 0.25) is 0 Å². The minimum absolute atomic E-state index is 0.0412. The van der Waals surface area contributed by atoms with Gasteiger partial charge in [-0.15, -0.1) is 11.6 Å². The Balaban J connectivity index is 3.31. The Bertz CT molecular complexity index is 159. The Morgan fingerprint density at radius 2 is 1.87 bits per heavy atom. The summed E-state index contributed by atoms with van der Waals surface area (Å²) in [6.45, 7) is 3.09. The lowest BCUT2D eigenvalue weighted by Crippen LogP contribution is -2.17. The average Bonchev–Trinajstić information content (AvgIpc) is 1.99. The molecule has 0 spiro atoms. The van der Waals surface area contributed by atoms with Gasteiger partial charge in [0.15, 0.2) is 0 Å². The monoisotopic (exact) mass is 246 g/mol. The van der Waals surface area contributed by atoms with Crippen molar-refractivity contribution >= 4 is 11.6 Å². The first-order valence-corrected chi connectivity index (χ1v) is 5.53. The van der Waals surface area contributed by atoms with Gasteiger partial charge in [-0.1, -0.05) is 13.8 Å². The SMILES string of the molecule is CC(C)CC(Cl)CCCOCC(F)(F)F. The van der Waals surface area contributed by atoms with E-state index in [1.54, 1.807) is 0 Å². The van der Waals surface area contributed by atoms with E-state index in [-0.39, 0.29) is 12.0 Å². The smallest absolute Gasteiger partial charge is 0.372 e. The number of ether oxygens (including phenoxy) is 1. The molecule has 0 aromatic carbocycles. The number of hydrogen-bond acceptors (Lipinski definition) is 1. The quantitative estimate of drug-likeness (QED) is 0.487. The minimum Gasteiger partial charge on any atom is -0.372 e. The van der Waals surface area contributed by atoms with Crippen molar-refractivity contribution in [2.24, 2.45) is 5.92 Å². The van der Waals surface area contributed by atoms with Gasteiger partial charge >= 0.3 is 6.18 Å². The Hall–Kier alpha value is 0.0400. The summed E-state index contributed by atoms with van der Waals surface area (Å²) in [6, 6.07) is 0. The third-order valence-corrected chi connectivity index (χ3v) is 2.20. The number of halogens is 4. The molecule has 0 radical (unpaired) electrons. The van der Waals surface area contributed by atoms with Crippen LogP contribution >= 0.6 is 11.6 Å². The molecule has 0 aliphatic heterocycles. The lowest BCUT2D eigenvalue weighted by molar-refractivity contribution is -0.174. The predicted octanol–water partition coefficient (Wildman–Crippen LogP) is 4.00. The van der Waals surface area contributed by atoms with Crippen LogP contribution in [0.3, 0.4) is 0 Å². The van der Waals surface area contributed by atoms with Gasteiger partial charge in [0.05, 0.1) is 0 Å². The first-order valence-electron chi connectivity index (χ1n) is 5.10. The minimum atomic E-state index is -4.22. The van der Waals surface area contributed by atoms with Crippen molar-refractivity contribution < 1.29 is 17.9 Å². The van der Waals surface area contributed by atoms with E-state index in [0.29, 0.717) is 18.8 Å². The van der Waals surface area contributed by atoms with Gasteiger partial charge in [-0.2, -0.15) is 13.2 Å². The summed E-state index contributed by atoms with van der Waals surface area (Å²) in [6.07, 6.45) is -2.05. The first kappa shape index (κ1) is 15.0. The molecule has 0 saturated heterocycles. The average molecular weight is 247 g/mol. The summed E-state index contributed by atoms with van der Waals surface area (Å²) in [5.74, 6) is 0.517. The van der Waals surface area contributed by atoms with Crippen molar-refractivity contribution in [1.29, 1.82) is 0 Å². The highest BCUT2D eigenvalue weighted by Gasteiger charge is 2.27. The van der Waals surface area contributed by atoms with Crippen LogP contribution in [0, 0.1) is 5.92 Å². The molecule has 0 bridgehead atoms. The van der Waals surface area contributed by atoms with E-state index in [1.807, 2.05) is 0 Å². The number of alkyl halides is 4. The summed E-state index contributed by atoms with van der Waals surface area (Å²) in [4.78, 5) is 0. The molecule has 0 N–H and O–H groups in total. The van der Waals surface area contributed by atoms with Gasteiger partial charge in [0.2, 0.25) is 0 Å². The number of rotatable bonds is 7. The van der Waals surface area contributed by atoms with Crippen molar-refractivity contribution in [3.05, 3.63) is 0 Å². The second-order valence-electron chi connectivity index (χ2n) is 4.04. The molecule has 0 aliphatic carbocycles. The van der Waals surface area contributed by atoms with E-state index in [9.17, 15) is 13.2 Å². The largest absolute Gasteiger partial charge is 0.411 e. The van der Waals surface area contributed by atoms with Crippen molar-refractivity contribution in [3.8, 4) is 0 Å². The fourth-order valence-electron chi connectivity index (χ4n) is 1.22. The van der Waals surface area contributed by atoms with Gasteiger partial charge in [0.1, 0.15) is 6.61 Å². The number of hydrogen-bond donors (Lipinski definition) is 0. The van der Waals surface area contributed by atoms with Gasteiger partial charge in [-0.05, 0) is 25.2 Å². The zero-order valence-corrected chi connectivity index (χ0v) is 9.87. The molecule has 0 aromatic rings. The van der Waals surface area contributed by atoms with Crippen LogP contribution in [0.15, 0.2) is 0 Å². The molecule has 15 heavy (non-hydrogen) atoms. The third-order valence-electron chi connectivity index (χ3n) is 1.80. The predicted molar refractivity (Wildman–Crippen MR) is 55.2 cm³/mol. The molecular formula is C10H18ClF3O. The Kier molecular flexibility index (Phi) is 7.36. The second kappa shape index (κ2) is 7.34. The van der Waals surface area contributed by atoms with E-state index in [4.69, 9.17) is 11.6 Å². The second-order valence-corrected chi connectivity index (χ2v) is 4.65. The summed E-state index contributed by atoms with van der Waals surface area (Å²) >= 11 is 5.97. The molecule has 1 nitrogen and oxygen atoms in total. The molecule has 0 saturated carbocycles. The van der Waals surface area contributed by atoms with Gasteiger partial charge in [-0.25, -0.2) is 0 Å². The lowest BCUT2D eigenvalue weighted by Gasteiger charge is -2.12. The third kappa shape index (κ3) is 12.0. The zero-order valence-electron chi connectivity index (χ0n) is 9.11. The zero-order chi connectivity index (χ0) is 11.9. The maximum Gasteiger partial charge on any atom is 0.411 e. The van der Waals surface area contributed by atoms with Gasteiger partial charge in [0, 0.05) is 12.0 Å². The van der Waals surface area contributed by atoms with Crippen molar-refractivity contribution in [2.75, 3.05) is 13.2 Å². The van der Waals surface area contributed by atoms with Gasteiger partial charge in [-0.3, -0.25) is 0 Å². The van der Waals surface area contributed by atoms with E-state index in [2.05, 4.69) is 18.6 Å². The van der Waals surface area contributed by atoms with Crippen molar-refractivity contribution in [1.82, 2.24) is 0 Å². The molecule has 0 aliphatic rings. The van der Waals surface area contributed by atoms with Crippen molar-refractivity contribution in [3.63, 3.8) is 0 Å². The maximum atomic E-state index is 11.7. The van der Waals surface area contributed by atoms with Crippen LogP contribution in [-0.4, -0.2) is 24.8 Å². The standard InChI is InChI=1S/C10H18ClF3O/c1-8(2)6-9(11)4-3-5-15-7-10(12,13)14/h8-9H,3-7H2,1-2H3. The summed E-state index contributed by atoms with van der Waals surface area (Å²) in [5, 5.41) is 0.0412. The Morgan fingerprint density at radius 1 is 1.27 bits per heavy atom. The summed E-state index contributed by atoms with van der Waals surface area (Å²) in [5.41, 5.74) is 0. The van der Waals surface area contributed by atoms with E-state index < -0.39 is 12.8 Å². The highest BCUT2D eigenvalue weighted by atomic mass is 35.5. The molecule has 0 heterocycles. The van der Waals surface area contributed by atoms with Crippen LogP contribution in [0.1, 0.15) is 33.1 Å². The molecule has 92 valence electrons. The molecule has 5 heteroatoms. The molecule has 0 aromatic heterocycles. The van der Waals surface area contributed by atoms with Crippen LogP contribution in [0.5, 0.6) is 0 Å². The van der Waals surface area contributed by atoms with Crippen molar-refractivity contribution in [2.45, 2.75) is 44.7 Å². The summed E-state index contributed by atoms with van der Waals surface area (Å²) < 4.78 is 39.5. The van der Waals surface area contributed by atoms with E-state index in [0.717, 1.165) is 6.42 Å². The molecule has 0 fully saturated rings. The Labute approximate surface area is 93.9 Å². The topological polar surface area (TPSA) is 9.23 Å². The highest BCUT2D eigenvalue weighted by Crippen LogP contribution is 2.17. The highest BCUT2D eigenvalue weighted by molar-refractivity contribution is 6.20. The fraction of sp³-hybridized carbons (Fsp3) is 1.00. The molecule has 0 amide bonds. The van der Waals surface area contributed by atoms with E-state index in [1.165, 1.54) is 0 Å². The molecule has 1 unspecified atom stereocenters. The molecule has 0 rings (SSSR count). The maximum absolute atomic E-state index is 11.7. The first-order chi connectivity index (χ1) is 6.81. The lowest BCUT2D eigenvalue weighted by atomic mass is 10.1. The molecular weight excluding hydrogens is 229 g/mol. The normalized spacial score (nSPS) is 14.6. The van der Waals surface area contributed by atoms with Crippen LogP contribution < -0.4 is 0 Å². The van der Waals surface area contributed by atoms with Crippen LogP contribution in [0.25, 0.3) is 0 Å². The van der Waals surface area contributed by atoms with Crippen LogP contribution in [-0.2, 0) is 4.74 Å². The molecule has 1 atom stereocenters. The fourth-order valence-corrected chi connectivity index (χ4v) is 1.73. The van der Waals surface area contributed by atoms with Gasteiger partial charge in [0.25, 0.3) is 0 Å². The Morgan fingerprint density at radius 3 is 2.33 bits per heavy atom. The van der Waals surface area contributed by atoms with Crippen LogP contribution in [0.4, 0.5) is 13.2 Å². The van der Waals surface area contributed by atoms with E-state index >= 15 is 0 Å². The van der Waals surface area contributed by atoms with Gasteiger partial charge < -0.3 is 4.74 Å². The summed E-state index contributed by atoms with van der Waals surface area (Å²) in [7, 11) is 0.